The number of aliphatic hydroxyl groups excluding tert-OH is 1. The minimum Gasteiger partial charge on any atom is -0.390 e. The molecule has 1 aliphatic rings. The second-order valence-corrected chi connectivity index (χ2v) is 7.29. The number of sulfonamides is 1. The maximum Gasteiger partial charge on any atom is 0.211 e. The highest BCUT2D eigenvalue weighted by atomic mass is 127. The summed E-state index contributed by atoms with van der Waals surface area (Å²) in [6.07, 6.45) is 2.64. The van der Waals surface area contributed by atoms with E-state index in [0.717, 1.165) is 6.26 Å². The molecule has 1 fully saturated rings. The third-order valence-electron chi connectivity index (χ3n) is 2.42. The van der Waals surface area contributed by atoms with E-state index in [9.17, 15) is 13.5 Å². The molecule has 0 aromatic heterocycles. The monoisotopic (exact) mass is 361 g/mol. The van der Waals surface area contributed by atoms with Crippen LogP contribution in [0, 0.1) is 3.56 Å². The van der Waals surface area contributed by atoms with Gasteiger partial charge in [-0.15, -0.1) is 0 Å². The van der Waals surface area contributed by atoms with Crippen LogP contribution in [0.4, 0.5) is 0 Å². The molecule has 2 atom stereocenters. The fourth-order valence-electron chi connectivity index (χ4n) is 1.58. The fraction of sp³-hybridized carbons (Fsp3) is 0.875. The Bertz CT molecular complexity index is 371. The van der Waals surface area contributed by atoms with Gasteiger partial charge in [0.1, 0.15) is 0 Å². The van der Waals surface area contributed by atoms with Gasteiger partial charge >= 0.3 is 0 Å². The Morgan fingerprint density at radius 2 is 2.38 bits per heavy atom. The molecule has 1 saturated heterocycles. The zero-order chi connectivity index (χ0) is 12.2. The first kappa shape index (κ1) is 14.1. The van der Waals surface area contributed by atoms with Gasteiger partial charge in [-0.2, -0.15) is 4.31 Å². The quantitative estimate of drug-likeness (QED) is 0.425. The van der Waals surface area contributed by atoms with Crippen molar-refractivity contribution in [1.82, 2.24) is 4.31 Å². The van der Waals surface area contributed by atoms with Crippen LogP contribution in [-0.4, -0.2) is 60.0 Å². The van der Waals surface area contributed by atoms with Crippen LogP contribution < -0.4 is 0 Å². The van der Waals surface area contributed by atoms with E-state index in [-0.39, 0.29) is 12.6 Å². The van der Waals surface area contributed by atoms with E-state index < -0.39 is 37.2 Å². The number of hydrogen-bond acceptors (Lipinski definition) is 5. The molecule has 0 unspecified atom stereocenters. The molecule has 0 saturated carbocycles. The van der Waals surface area contributed by atoms with Gasteiger partial charge < -0.3 is 5.11 Å². The van der Waals surface area contributed by atoms with Crippen molar-refractivity contribution >= 4 is 37.3 Å². The van der Waals surface area contributed by atoms with Crippen molar-refractivity contribution in [3.05, 3.63) is 0 Å². The van der Waals surface area contributed by atoms with E-state index in [2.05, 4.69) is 4.99 Å². The van der Waals surface area contributed by atoms with Gasteiger partial charge in [-0.1, -0.05) is 0 Å². The van der Waals surface area contributed by atoms with Crippen LogP contribution >= 0.6 is 21.0 Å². The molecule has 0 aromatic carbocycles. The van der Waals surface area contributed by atoms with Gasteiger partial charge in [0.05, 0.1) is 18.4 Å². The number of rotatable bonds is 4. The highest BCUT2D eigenvalue weighted by Crippen LogP contribution is 2.16. The summed E-state index contributed by atoms with van der Waals surface area (Å²) < 4.78 is 31.5. The second kappa shape index (κ2) is 6.12. The van der Waals surface area contributed by atoms with Crippen LogP contribution in [0.3, 0.4) is 0 Å². The Balaban J connectivity index is 2.56. The van der Waals surface area contributed by atoms with E-state index in [1.54, 1.807) is 6.21 Å². The number of alkyl halides is 1. The zero-order valence-corrected chi connectivity index (χ0v) is 12.0. The van der Waals surface area contributed by atoms with Crippen LogP contribution in [0.15, 0.2) is 4.99 Å². The van der Waals surface area contributed by atoms with Crippen molar-refractivity contribution in [3.63, 3.8) is 0 Å². The molecule has 8 heteroatoms. The van der Waals surface area contributed by atoms with Crippen molar-refractivity contribution < 1.29 is 13.5 Å². The average Bonchev–Trinajstić information content (AvgIpc) is 2.19. The Morgan fingerprint density at radius 3 is 2.88 bits per heavy atom. The van der Waals surface area contributed by atoms with Gasteiger partial charge in [-0.05, 0) is 27.5 Å². The molecule has 0 amide bonds. The molecule has 1 aliphatic heterocycles. The summed E-state index contributed by atoms with van der Waals surface area (Å²) >= 11 is -0.551. The van der Waals surface area contributed by atoms with Crippen molar-refractivity contribution in [2.45, 2.75) is 18.6 Å². The van der Waals surface area contributed by atoms with Gasteiger partial charge in [0, 0.05) is 23.7 Å². The smallest absolute Gasteiger partial charge is 0.211 e. The van der Waals surface area contributed by atoms with E-state index in [4.69, 9.17) is 3.56 Å². The number of halogens is 1. The Hall–Kier alpha value is 0.0700. The van der Waals surface area contributed by atoms with E-state index in [1.165, 1.54) is 4.31 Å². The molecule has 0 aromatic rings. The lowest BCUT2D eigenvalue weighted by molar-refractivity contribution is 0.0891. The van der Waals surface area contributed by atoms with Gasteiger partial charge in [0.15, 0.2) is 0 Å². The molecule has 2 N–H and O–H groups in total. The molecule has 1 rings (SSSR count). The first-order valence-electron chi connectivity index (χ1n) is 4.85. The molecule has 94 valence electrons. The Morgan fingerprint density at radius 1 is 1.69 bits per heavy atom. The molecular formula is C8H16IN3O3S. The topological polar surface area (TPSA) is 93.8 Å². The predicted molar refractivity (Wildman–Crippen MR) is 70.9 cm³/mol. The molecule has 1 heterocycles. The molecule has 0 bridgehead atoms. The van der Waals surface area contributed by atoms with Crippen LogP contribution in [0.1, 0.15) is 6.42 Å². The Kier molecular flexibility index (Phi) is 5.41. The number of hydrogen-bond donors (Lipinski definition) is 2. The molecule has 16 heavy (non-hydrogen) atoms. The molecule has 0 aliphatic carbocycles. The summed E-state index contributed by atoms with van der Waals surface area (Å²) in [5.41, 5.74) is 0. The lowest BCUT2D eigenvalue weighted by Gasteiger charge is -2.32. The lowest BCUT2D eigenvalue weighted by Crippen LogP contribution is -2.48. The Labute approximate surface area is 106 Å². The normalized spacial score (nSPS) is 28.6. The summed E-state index contributed by atoms with van der Waals surface area (Å²) in [7, 11) is -3.21. The maximum atomic E-state index is 11.3. The van der Waals surface area contributed by atoms with Gasteiger partial charge in [-0.25, -0.2) is 8.42 Å². The van der Waals surface area contributed by atoms with Crippen LogP contribution in [0.25, 0.3) is 0 Å². The number of nitrogens with zero attached hydrogens (tertiary/aromatic N) is 2. The number of piperidine rings is 1. The second-order valence-electron chi connectivity index (χ2n) is 3.66. The van der Waals surface area contributed by atoms with E-state index in [1.807, 2.05) is 0 Å². The fourth-order valence-corrected chi connectivity index (χ4v) is 2.86. The molecule has 0 spiro atoms. The SMILES string of the molecule is CS(=O)(=O)N1CC[C@H](N=CCI=N)[C@H](O)C1. The minimum atomic E-state index is -3.21. The number of nitrogens with one attached hydrogen (secondary N) is 1. The molecule has 0 radical (unpaired) electrons. The summed E-state index contributed by atoms with van der Waals surface area (Å²) in [6, 6.07) is -0.214. The number of aliphatic imine (C=N–C) groups is 1. The van der Waals surface area contributed by atoms with E-state index in [0.29, 0.717) is 17.4 Å². The zero-order valence-electron chi connectivity index (χ0n) is 9.00. The first-order chi connectivity index (χ1) is 7.45. The third kappa shape index (κ3) is 4.15. The third-order valence-corrected chi connectivity index (χ3v) is 4.53. The highest BCUT2D eigenvalue weighted by molar-refractivity contribution is 14.1. The summed E-state index contributed by atoms with van der Waals surface area (Å²) in [6.45, 7) is 0.532. The van der Waals surface area contributed by atoms with Gasteiger partial charge in [0.2, 0.25) is 10.0 Å². The summed E-state index contributed by atoms with van der Waals surface area (Å²) in [4.78, 5) is 4.18. The van der Waals surface area contributed by atoms with Crippen molar-refractivity contribution in [2.24, 2.45) is 4.99 Å². The van der Waals surface area contributed by atoms with E-state index >= 15 is 0 Å². The van der Waals surface area contributed by atoms with Crippen molar-refractivity contribution in [1.29, 1.82) is 3.56 Å². The van der Waals surface area contributed by atoms with Crippen molar-refractivity contribution in [3.8, 4) is 0 Å². The predicted octanol–water partition coefficient (Wildman–Crippen LogP) is 0.185. The maximum absolute atomic E-state index is 11.3. The minimum absolute atomic E-state index is 0.122. The lowest BCUT2D eigenvalue weighted by atomic mass is 10.0. The van der Waals surface area contributed by atoms with Gasteiger partial charge in [-0.3, -0.25) is 8.55 Å². The van der Waals surface area contributed by atoms with Crippen LogP contribution in [-0.2, 0) is 10.0 Å². The van der Waals surface area contributed by atoms with Crippen LogP contribution in [0.5, 0.6) is 0 Å². The molecule has 6 nitrogen and oxygen atoms in total. The van der Waals surface area contributed by atoms with Gasteiger partial charge in [0.25, 0.3) is 0 Å². The summed E-state index contributed by atoms with van der Waals surface area (Å²) in [5, 5.41) is 9.74. The standard InChI is InChI=1S/C8H16IN3O3S/c1-16(14,15)12-5-2-7(8(13)6-12)11-4-3-9-10/h4,7-8,10,13H,2-3,5-6H2,1H3/t7-,8+/m0/s1. The number of β-amino-alcohol motifs (C(OH)–C–C–N with tert-alkyl or cyclic N) is 1. The molecular weight excluding hydrogens is 345 g/mol. The summed E-state index contributed by atoms with van der Waals surface area (Å²) in [5.74, 6) is 0. The average molecular weight is 361 g/mol. The largest absolute Gasteiger partial charge is 0.390 e. The van der Waals surface area contributed by atoms with Crippen LogP contribution in [0.2, 0.25) is 0 Å². The van der Waals surface area contributed by atoms with Crippen molar-refractivity contribution in [2.75, 3.05) is 23.8 Å². The highest BCUT2D eigenvalue weighted by Gasteiger charge is 2.31. The first-order valence-corrected chi connectivity index (χ1v) is 9.30. The number of aliphatic hydroxyl groups is 1.